The van der Waals surface area contributed by atoms with E-state index >= 15 is 0 Å². The first-order chi connectivity index (χ1) is 19.1. The van der Waals surface area contributed by atoms with Crippen molar-refractivity contribution >= 4 is 10.9 Å². The maximum Gasteiger partial charge on any atom is 0.252 e. The van der Waals surface area contributed by atoms with Gasteiger partial charge in [-0.15, -0.1) is 5.10 Å². The number of rotatable bonds is 10. The molecule has 2 aliphatic rings. The molecule has 0 amide bonds. The first kappa shape index (κ1) is 25.4. The molecule has 0 unspecified atom stereocenters. The topological polar surface area (TPSA) is 107 Å². The molecule has 1 aliphatic carbocycles. The molecule has 3 heterocycles. The number of aromatic nitrogens is 5. The average Bonchev–Trinajstić information content (AvgIpc) is 3.73. The Morgan fingerprint density at radius 3 is 2.64 bits per heavy atom. The second kappa shape index (κ2) is 11.1. The third kappa shape index (κ3) is 5.21. The van der Waals surface area contributed by atoms with Gasteiger partial charge in [0.05, 0.1) is 25.2 Å². The average molecular weight is 531 g/mol. The van der Waals surface area contributed by atoms with Gasteiger partial charge >= 0.3 is 0 Å². The molecule has 2 aromatic heterocycles. The molecule has 204 valence electrons. The third-order valence-corrected chi connectivity index (χ3v) is 7.87. The molecule has 10 heteroatoms. The molecule has 1 fully saturated rings. The van der Waals surface area contributed by atoms with Gasteiger partial charge in [0.2, 0.25) is 6.79 Å². The van der Waals surface area contributed by atoms with Crippen LogP contribution in [0.15, 0.2) is 47.3 Å². The largest absolute Gasteiger partial charge is 0.497 e. The van der Waals surface area contributed by atoms with E-state index in [-0.39, 0.29) is 18.4 Å². The monoisotopic (exact) mass is 530 g/mol. The summed E-state index contributed by atoms with van der Waals surface area (Å²) >= 11 is 0. The van der Waals surface area contributed by atoms with Gasteiger partial charge in [-0.25, -0.2) is 4.68 Å². The van der Waals surface area contributed by atoms with E-state index in [2.05, 4.69) is 32.3 Å². The lowest BCUT2D eigenvalue weighted by molar-refractivity contribution is 0.108. The highest BCUT2D eigenvalue weighted by Crippen LogP contribution is 2.37. The van der Waals surface area contributed by atoms with Crippen molar-refractivity contribution in [3.63, 3.8) is 0 Å². The highest BCUT2D eigenvalue weighted by atomic mass is 16.7. The molecule has 1 saturated carbocycles. The van der Waals surface area contributed by atoms with Gasteiger partial charge in [-0.1, -0.05) is 38.3 Å². The van der Waals surface area contributed by atoms with Gasteiger partial charge in [-0.05, 0) is 59.5 Å². The highest BCUT2D eigenvalue weighted by Gasteiger charge is 2.33. The Bertz CT molecular complexity index is 1490. The summed E-state index contributed by atoms with van der Waals surface area (Å²) in [4.78, 5) is 18.8. The van der Waals surface area contributed by atoms with Crippen LogP contribution in [0.25, 0.3) is 10.9 Å². The van der Waals surface area contributed by atoms with Gasteiger partial charge in [0, 0.05) is 29.6 Å². The van der Waals surface area contributed by atoms with Crippen LogP contribution >= 0.6 is 0 Å². The quantitative estimate of drug-likeness (QED) is 0.317. The molecule has 1 aliphatic heterocycles. The Balaban J connectivity index is 1.34. The summed E-state index contributed by atoms with van der Waals surface area (Å²) in [5.41, 5.74) is 2.48. The van der Waals surface area contributed by atoms with Gasteiger partial charge in [0.1, 0.15) is 5.75 Å². The lowest BCUT2D eigenvalue weighted by Gasteiger charge is -2.35. The van der Waals surface area contributed by atoms with Crippen LogP contribution < -0.4 is 19.8 Å². The van der Waals surface area contributed by atoms with Crippen LogP contribution in [-0.2, 0) is 13.1 Å². The van der Waals surface area contributed by atoms with Crippen molar-refractivity contribution in [3.8, 4) is 17.2 Å². The van der Waals surface area contributed by atoms with E-state index in [1.165, 1.54) is 12.8 Å². The first-order valence-corrected chi connectivity index (χ1v) is 13.7. The van der Waals surface area contributed by atoms with Crippen molar-refractivity contribution in [1.29, 1.82) is 0 Å². The van der Waals surface area contributed by atoms with Crippen LogP contribution in [0.3, 0.4) is 0 Å². The highest BCUT2D eigenvalue weighted by molar-refractivity contribution is 5.83. The Morgan fingerprint density at radius 1 is 1.13 bits per heavy atom. The summed E-state index contributed by atoms with van der Waals surface area (Å²) in [5, 5.41) is 13.9. The number of benzene rings is 2. The van der Waals surface area contributed by atoms with Crippen LogP contribution in [0.4, 0.5) is 0 Å². The zero-order valence-corrected chi connectivity index (χ0v) is 22.4. The molecule has 0 spiro atoms. The fourth-order valence-corrected chi connectivity index (χ4v) is 5.87. The predicted molar refractivity (Wildman–Crippen MR) is 146 cm³/mol. The van der Waals surface area contributed by atoms with E-state index in [1.54, 1.807) is 7.11 Å². The summed E-state index contributed by atoms with van der Waals surface area (Å²) in [5.74, 6) is 3.01. The molecule has 0 radical (unpaired) electrons. The van der Waals surface area contributed by atoms with Crippen LogP contribution in [0.5, 0.6) is 17.2 Å². The molecule has 39 heavy (non-hydrogen) atoms. The van der Waals surface area contributed by atoms with E-state index in [0.29, 0.717) is 30.6 Å². The summed E-state index contributed by atoms with van der Waals surface area (Å²) in [6.45, 7) is 3.46. The van der Waals surface area contributed by atoms with Crippen LogP contribution in [0, 0.1) is 0 Å². The fourth-order valence-electron chi connectivity index (χ4n) is 5.87. The van der Waals surface area contributed by atoms with Crippen molar-refractivity contribution in [2.75, 3.05) is 13.9 Å². The molecule has 1 atom stereocenters. The molecule has 2 aromatic carbocycles. The molecule has 1 N–H and O–H groups in total. The van der Waals surface area contributed by atoms with Gasteiger partial charge in [-0.3, -0.25) is 9.69 Å². The lowest BCUT2D eigenvalue weighted by Crippen LogP contribution is -2.39. The first-order valence-electron chi connectivity index (χ1n) is 13.7. The Kier molecular flexibility index (Phi) is 7.19. The Morgan fingerprint density at radius 2 is 1.90 bits per heavy atom. The van der Waals surface area contributed by atoms with Gasteiger partial charge in [-0.2, -0.15) is 0 Å². The molecule has 6 rings (SSSR count). The van der Waals surface area contributed by atoms with E-state index in [1.807, 2.05) is 47.1 Å². The standard InChI is InChI=1S/C29H34N6O4/c1-3-6-25(28-31-32-33-35(28)16-19-9-11-23(37-2)12-10-19)34(22-7-4-5-8-22)17-21-13-20-14-26-27(39-18-38-26)15-24(20)30-29(21)36/h9-15,22,25H,3-8,16-18H2,1-2H3,(H,30,36)/t25-/m1/s1. The number of hydrogen-bond donors (Lipinski definition) is 1. The van der Waals surface area contributed by atoms with Gasteiger partial charge in [0.15, 0.2) is 17.3 Å². The minimum Gasteiger partial charge on any atom is -0.497 e. The minimum atomic E-state index is -0.0857. The summed E-state index contributed by atoms with van der Waals surface area (Å²) in [6.07, 6.45) is 6.45. The lowest BCUT2D eigenvalue weighted by atomic mass is 10.0. The number of methoxy groups -OCH3 is 1. The second-order valence-electron chi connectivity index (χ2n) is 10.4. The van der Waals surface area contributed by atoms with E-state index in [4.69, 9.17) is 14.2 Å². The predicted octanol–water partition coefficient (Wildman–Crippen LogP) is 4.59. The van der Waals surface area contributed by atoms with Gasteiger partial charge < -0.3 is 19.2 Å². The third-order valence-electron chi connectivity index (χ3n) is 7.87. The number of nitrogens with one attached hydrogen (secondary N) is 1. The zero-order valence-electron chi connectivity index (χ0n) is 22.4. The molecule has 0 bridgehead atoms. The number of ether oxygens (including phenoxy) is 3. The number of aromatic amines is 1. The molecular formula is C29H34N6O4. The van der Waals surface area contributed by atoms with E-state index in [0.717, 1.165) is 59.3 Å². The maximum atomic E-state index is 13.3. The van der Waals surface area contributed by atoms with Crippen molar-refractivity contribution < 1.29 is 14.2 Å². The second-order valence-corrected chi connectivity index (χ2v) is 10.4. The SMILES string of the molecule is CCC[C@H](c1nnnn1Cc1ccc(OC)cc1)N(Cc1cc2cc3c(cc2[nH]c1=O)OCO3)C1CCCC1. The number of nitrogens with zero attached hydrogens (tertiary/aromatic N) is 5. The Hall–Kier alpha value is -3.92. The van der Waals surface area contributed by atoms with Crippen molar-refractivity contribution in [3.05, 3.63) is 69.8 Å². The van der Waals surface area contributed by atoms with Crippen molar-refractivity contribution in [2.24, 2.45) is 0 Å². The number of fused-ring (bicyclic) bond motifs is 2. The molecule has 4 aromatic rings. The molecule has 10 nitrogen and oxygen atoms in total. The van der Waals surface area contributed by atoms with Gasteiger partial charge in [0.25, 0.3) is 5.56 Å². The van der Waals surface area contributed by atoms with Crippen molar-refractivity contribution in [1.82, 2.24) is 30.1 Å². The number of H-pyrrole nitrogens is 1. The zero-order chi connectivity index (χ0) is 26.8. The number of hydrogen-bond acceptors (Lipinski definition) is 8. The molecular weight excluding hydrogens is 496 g/mol. The molecule has 0 saturated heterocycles. The van der Waals surface area contributed by atoms with E-state index < -0.39 is 0 Å². The number of tetrazole rings is 1. The van der Waals surface area contributed by atoms with Crippen LogP contribution in [0.1, 0.15) is 68.4 Å². The summed E-state index contributed by atoms with van der Waals surface area (Å²) in [7, 11) is 1.66. The van der Waals surface area contributed by atoms with Crippen LogP contribution in [-0.4, -0.2) is 50.0 Å². The van der Waals surface area contributed by atoms with E-state index in [9.17, 15) is 4.79 Å². The fraction of sp³-hybridized carbons (Fsp3) is 0.448. The summed E-state index contributed by atoms with van der Waals surface area (Å²) in [6, 6.07) is 14.1. The normalized spacial score (nSPS) is 15.9. The smallest absolute Gasteiger partial charge is 0.252 e. The maximum absolute atomic E-state index is 13.3. The van der Waals surface area contributed by atoms with Crippen LogP contribution in [0.2, 0.25) is 0 Å². The Labute approximate surface area is 226 Å². The summed E-state index contributed by atoms with van der Waals surface area (Å²) < 4.78 is 18.3. The minimum absolute atomic E-state index is 0.0156. The number of pyridine rings is 1. The van der Waals surface area contributed by atoms with Crippen molar-refractivity contribution in [2.45, 2.75) is 70.6 Å².